The highest BCUT2D eigenvalue weighted by molar-refractivity contribution is 9.10. The molecule has 1 aliphatic heterocycles. The van der Waals surface area contributed by atoms with E-state index in [-0.39, 0.29) is 5.91 Å². The minimum atomic E-state index is -0.671. The zero-order valence-electron chi connectivity index (χ0n) is 10.8. The molecular formula is C14H17BrClNO2. The van der Waals surface area contributed by atoms with E-state index in [1.54, 1.807) is 17.0 Å². The third-order valence-electron chi connectivity index (χ3n) is 3.51. The quantitative estimate of drug-likeness (QED) is 0.846. The monoisotopic (exact) mass is 345 g/mol. The molecule has 0 bridgehead atoms. The molecular weight excluding hydrogens is 330 g/mol. The van der Waals surface area contributed by atoms with Crippen LogP contribution in [0.25, 0.3) is 0 Å². The maximum absolute atomic E-state index is 12.5. The number of rotatable bonds is 1. The van der Waals surface area contributed by atoms with Crippen LogP contribution in [0.5, 0.6) is 0 Å². The smallest absolute Gasteiger partial charge is 0.255 e. The highest BCUT2D eigenvalue weighted by Gasteiger charge is 2.28. The number of benzene rings is 1. The number of halogens is 2. The molecule has 1 aliphatic rings. The van der Waals surface area contributed by atoms with Gasteiger partial charge in [-0.25, -0.2) is 0 Å². The van der Waals surface area contributed by atoms with Crippen molar-refractivity contribution in [1.29, 1.82) is 0 Å². The molecule has 0 spiro atoms. The van der Waals surface area contributed by atoms with E-state index in [1.165, 1.54) is 0 Å². The maximum atomic E-state index is 12.5. The van der Waals surface area contributed by atoms with Gasteiger partial charge in [-0.1, -0.05) is 27.5 Å². The summed E-state index contributed by atoms with van der Waals surface area (Å²) in [6.07, 6.45) is 2.14. The molecule has 1 amide bonds. The second-order valence-corrected chi connectivity index (χ2v) is 6.59. The molecule has 5 heteroatoms. The SMILES string of the molecule is CC1(O)CCCN(C(=O)c2cc(Br)ccc2Cl)CC1. The van der Waals surface area contributed by atoms with Crippen molar-refractivity contribution in [2.24, 2.45) is 0 Å². The predicted molar refractivity (Wildman–Crippen MR) is 79.5 cm³/mol. The van der Waals surface area contributed by atoms with Crippen molar-refractivity contribution in [3.8, 4) is 0 Å². The van der Waals surface area contributed by atoms with Gasteiger partial charge in [0.05, 0.1) is 16.2 Å². The van der Waals surface area contributed by atoms with Crippen LogP contribution in [0.3, 0.4) is 0 Å². The van der Waals surface area contributed by atoms with Crippen molar-refractivity contribution in [3.05, 3.63) is 33.3 Å². The summed E-state index contributed by atoms with van der Waals surface area (Å²) in [7, 11) is 0. The van der Waals surface area contributed by atoms with Crippen molar-refractivity contribution in [1.82, 2.24) is 4.90 Å². The fourth-order valence-electron chi connectivity index (χ4n) is 2.30. The average Bonchev–Trinajstić information content (AvgIpc) is 2.52. The Balaban J connectivity index is 2.17. The summed E-state index contributed by atoms with van der Waals surface area (Å²) in [5.41, 5.74) is -0.159. The molecule has 19 heavy (non-hydrogen) atoms. The Labute approximate surface area is 126 Å². The van der Waals surface area contributed by atoms with Gasteiger partial charge >= 0.3 is 0 Å². The van der Waals surface area contributed by atoms with Crippen molar-refractivity contribution in [2.75, 3.05) is 13.1 Å². The molecule has 1 atom stereocenters. The standard InChI is InChI=1S/C14H17BrClNO2/c1-14(19)5-2-7-17(8-6-14)13(18)11-9-10(15)3-4-12(11)16/h3-4,9,19H,2,5-8H2,1H3. The number of carbonyl (C=O) groups excluding carboxylic acids is 1. The highest BCUT2D eigenvalue weighted by atomic mass is 79.9. The molecule has 1 heterocycles. The van der Waals surface area contributed by atoms with E-state index in [9.17, 15) is 9.90 Å². The van der Waals surface area contributed by atoms with Gasteiger partial charge in [0.25, 0.3) is 5.91 Å². The largest absolute Gasteiger partial charge is 0.390 e. The lowest BCUT2D eigenvalue weighted by Gasteiger charge is -2.23. The van der Waals surface area contributed by atoms with Gasteiger partial charge in [-0.05, 0) is 44.4 Å². The normalized spacial score (nSPS) is 24.1. The summed E-state index contributed by atoms with van der Waals surface area (Å²) in [4.78, 5) is 14.2. The second-order valence-electron chi connectivity index (χ2n) is 5.27. The van der Waals surface area contributed by atoms with E-state index in [0.717, 1.165) is 17.3 Å². The Morgan fingerprint density at radius 3 is 2.89 bits per heavy atom. The minimum absolute atomic E-state index is 0.0657. The first-order valence-corrected chi connectivity index (χ1v) is 7.53. The van der Waals surface area contributed by atoms with Gasteiger partial charge in [-0.3, -0.25) is 4.79 Å². The summed E-state index contributed by atoms with van der Waals surface area (Å²) in [5, 5.41) is 10.5. The molecule has 2 rings (SSSR count). The number of amides is 1. The first-order valence-electron chi connectivity index (χ1n) is 6.36. The molecule has 1 aromatic carbocycles. The molecule has 0 aromatic heterocycles. The van der Waals surface area contributed by atoms with E-state index in [2.05, 4.69) is 15.9 Å². The van der Waals surface area contributed by atoms with Crippen LogP contribution >= 0.6 is 27.5 Å². The number of carbonyl (C=O) groups is 1. The van der Waals surface area contributed by atoms with Gasteiger partial charge in [-0.2, -0.15) is 0 Å². The van der Waals surface area contributed by atoms with Crippen LogP contribution in [0.4, 0.5) is 0 Å². The summed E-state index contributed by atoms with van der Waals surface area (Å²) < 4.78 is 0.835. The topological polar surface area (TPSA) is 40.5 Å². The molecule has 104 valence electrons. The third kappa shape index (κ3) is 3.71. The summed E-state index contributed by atoms with van der Waals surface area (Å²) >= 11 is 9.44. The van der Waals surface area contributed by atoms with Gasteiger partial charge < -0.3 is 10.0 Å². The summed E-state index contributed by atoms with van der Waals surface area (Å²) in [6.45, 7) is 3.06. The lowest BCUT2D eigenvalue weighted by molar-refractivity contribution is 0.0438. The zero-order valence-corrected chi connectivity index (χ0v) is 13.2. The fourth-order valence-corrected chi connectivity index (χ4v) is 2.86. The number of likely N-dealkylation sites (tertiary alicyclic amines) is 1. The van der Waals surface area contributed by atoms with Crippen LogP contribution < -0.4 is 0 Å². The Morgan fingerprint density at radius 1 is 1.42 bits per heavy atom. The van der Waals surface area contributed by atoms with E-state index < -0.39 is 5.60 Å². The van der Waals surface area contributed by atoms with Gasteiger partial charge in [0.2, 0.25) is 0 Å². The summed E-state index contributed by atoms with van der Waals surface area (Å²) in [6, 6.07) is 5.27. The Morgan fingerprint density at radius 2 is 2.16 bits per heavy atom. The van der Waals surface area contributed by atoms with E-state index in [1.807, 2.05) is 13.0 Å². The van der Waals surface area contributed by atoms with Gasteiger partial charge in [0.1, 0.15) is 0 Å². The molecule has 1 N–H and O–H groups in total. The molecule has 0 saturated carbocycles. The van der Waals surface area contributed by atoms with Gasteiger partial charge in [0, 0.05) is 17.6 Å². The van der Waals surface area contributed by atoms with E-state index >= 15 is 0 Å². The van der Waals surface area contributed by atoms with Crippen LogP contribution in [0.15, 0.2) is 22.7 Å². The minimum Gasteiger partial charge on any atom is -0.390 e. The molecule has 0 aliphatic carbocycles. The van der Waals surface area contributed by atoms with Crippen molar-refractivity contribution in [3.63, 3.8) is 0 Å². The van der Waals surface area contributed by atoms with Crippen LogP contribution in [0, 0.1) is 0 Å². The van der Waals surface area contributed by atoms with Crippen molar-refractivity contribution in [2.45, 2.75) is 31.8 Å². The molecule has 0 radical (unpaired) electrons. The lowest BCUT2D eigenvalue weighted by atomic mass is 9.98. The van der Waals surface area contributed by atoms with Crippen LogP contribution in [-0.2, 0) is 0 Å². The maximum Gasteiger partial charge on any atom is 0.255 e. The highest BCUT2D eigenvalue weighted by Crippen LogP contribution is 2.26. The molecule has 1 saturated heterocycles. The van der Waals surface area contributed by atoms with Crippen LogP contribution in [-0.4, -0.2) is 34.6 Å². The van der Waals surface area contributed by atoms with E-state index in [4.69, 9.17) is 11.6 Å². The number of hydrogen-bond acceptors (Lipinski definition) is 2. The molecule has 1 fully saturated rings. The molecule has 1 unspecified atom stereocenters. The first kappa shape index (κ1) is 14.8. The van der Waals surface area contributed by atoms with Crippen molar-refractivity contribution < 1.29 is 9.90 Å². The third-order valence-corrected chi connectivity index (χ3v) is 4.33. The number of aliphatic hydroxyl groups is 1. The van der Waals surface area contributed by atoms with Crippen molar-refractivity contribution >= 4 is 33.4 Å². The predicted octanol–water partition coefficient (Wildman–Crippen LogP) is 3.48. The zero-order chi connectivity index (χ0) is 14.0. The first-order chi connectivity index (χ1) is 8.89. The van der Waals surface area contributed by atoms with Gasteiger partial charge in [-0.15, -0.1) is 0 Å². The Hall–Kier alpha value is -0.580. The number of hydrogen-bond donors (Lipinski definition) is 1. The van der Waals surface area contributed by atoms with Gasteiger partial charge in [0.15, 0.2) is 0 Å². The van der Waals surface area contributed by atoms with Crippen LogP contribution in [0.2, 0.25) is 5.02 Å². The lowest BCUT2D eigenvalue weighted by Crippen LogP contribution is -2.33. The Bertz CT molecular complexity index is 490. The average molecular weight is 347 g/mol. The molecule has 3 nitrogen and oxygen atoms in total. The summed E-state index contributed by atoms with van der Waals surface area (Å²) in [5.74, 6) is -0.0657. The van der Waals surface area contributed by atoms with E-state index in [0.29, 0.717) is 30.1 Å². The Kier molecular flexibility index (Phi) is 4.54. The molecule has 1 aromatic rings. The number of nitrogens with zero attached hydrogens (tertiary/aromatic N) is 1. The fraction of sp³-hybridized carbons (Fsp3) is 0.500. The second kappa shape index (κ2) is 5.81. The van der Waals surface area contributed by atoms with Crippen LogP contribution in [0.1, 0.15) is 36.5 Å².